The summed E-state index contributed by atoms with van der Waals surface area (Å²) in [5, 5.41) is 6.92. The van der Waals surface area contributed by atoms with Gasteiger partial charge in [0.2, 0.25) is 0 Å². The molecule has 2 rings (SSSR count). The van der Waals surface area contributed by atoms with E-state index in [1.807, 2.05) is 12.2 Å². The van der Waals surface area contributed by atoms with Gasteiger partial charge in [0.15, 0.2) is 0 Å². The maximum absolute atomic E-state index is 11.6. The first-order chi connectivity index (χ1) is 7.72. The molecule has 0 spiro atoms. The lowest BCUT2D eigenvalue weighted by molar-refractivity contribution is -0.138. The number of fused-ring (bicyclic) bond motifs is 1. The molecule has 0 fully saturated rings. The molecule has 1 aliphatic rings. The van der Waals surface area contributed by atoms with E-state index in [0.717, 1.165) is 15.9 Å². The first-order valence-corrected chi connectivity index (χ1v) is 5.79. The molecule has 4 nitrogen and oxygen atoms in total. The topological polar surface area (TPSA) is 55.0 Å². The number of aromatic nitrogens is 2. The Morgan fingerprint density at radius 2 is 2.50 bits per heavy atom. The summed E-state index contributed by atoms with van der Waals surface area (Å²) in [5.74, 6) is -0.270. The molecule has 1 aromatic rings. The van der Waals surface area contributed by atoms with E-state index in [9.17, 15) is 4.79 Å². The second kappa shape index (κ2) is 4.65. The van der Waals surface area contributed by atoms with Gasteiger partial charge >= 0.3 is 5.97 Å². The minimum Gasteiger partial charge on any atom is -0.463 e. The van der Waals surface area contributed by atoms with E-state index >= 15 is 0 Å². The highest BCUT2D eigenvalue weighted by atomic mass is 79.9. The highest BCUT2D eigenvalue weighted by Gasteiger charge is 2.15. The molecule has 1 aliphatic carbocycles. The molecule has 1 aromatic heterocycles. The molecular weight excluding hydrogens is 272 g/mol. The van der Waals surface area contributed by atoms with Crippen LogP contribution in [0.25, 0.3) is 12.2 Å². The van der Waals surface area contributed by atoms with Crippen molar-refractivity contribution in [1.82, 2.24) is 10.2 Å². The highest BCUT2D eigenvalue weighted by molar-refractivity contribution is 9.10. The lowest BCUT2D eigenvalue weighted by Gasteiger charge is -2.03. The Labute approximate surface area is 102 Å². The van der Waals surface area contributed by atoms with Crippen molar-refractivity contribution >= 4 is 34.1 Å². The Kier molecular flexibility index (Phi) is 3.24. The van der Waals surface area contributed by atoms with Gasteiger partial charge in [-0.2, -0.15) is 5.10 Å². The quantitative estimate of drug-likeness (QED) is 0.848. The van der Waals surface area contributed by atoms with Crippen LogP contribution in [0, 0.1) is 0 Å². The second-order valence-corrected chi connectivity index (χ2v) is 4.13. The number of hydrogen-bond acceptors (Lipinski definition) is 3. The van der Waals surface area contributed by atoms with Crippen LogP contribution < -0.4 is 0 Å². The number of nitrogens with one attached hydrogen (secondary N) is 1. The van der Waals surface area contributed by atoms with Gasteiger partial charge in [0, 0.05) is 11.1 Å². The maximum atomic E-state index is 11.6. The lowest BCUT2D eigenvalue weighted by atomic mass is 10.1. The van der Waals surface area contributed by atoms with E-state index in [4.69, 9.17) is 4.74 Å². The van der Waals surface area contributed by atoms with Gasteiger partial charge in [-0.05, 0) is 41.4 Å². The fourth-order valence-corrected chi connectivity index (χ4v) is 1.91. The largest absolute Gasteiger partial charge is 0.463 e. The van der Waals surface area contributed by atoms with E-state index < -0.39 is 0 Å². The molecular formula is C11H11BrN2O2. The molecule has 0 bridgehead atoms. The van der Waals surface area contributed by atoms with E-state index in [1.54, 1.807) is 13.0 Å². The first kappa shape index (κ1) is 11.1. The molecule has 0 atom stereocenters. The van der Waals surface area contributed by atoms with E-state index in [2.05, 4.69) is 26.1 Å². The standard InChI is InChI=1S/C11H11BrN2O2/c1-2-16-11(15)7-4-3-5-9-8(6-7)10(12)14-13-9/h3,5-6H,2,4H2,1H3,(H,13,14). The van der Waals surface area contributed by atoms with Crippen molar-refractivity contribution < 1.29 is 9.53 Å². The van der Waals surface area contributed by atoms with Gasteiger partial charge in [-0.15, -0.1) is 0 Å². The Bertz CT molecular complexity index is 474. The zero-order valence-electron chi connectivity index (χ0n) is 8.79. The number of carbonyl (C=O) groups excluding carboxylic acids is 1. The van der Waals surface area contributed by atoms with Crippen LogP contribution in [0.4, 0.5) is 0 Å². The number of esters is 1. The third kappa shape index (κ3) is 2.09. The summed E-state index contributed by atoms with van der Waals surface area (Å²) >= 11 is 3.35. The molecule has 84 valence electrons. The number of halogens is 1. The van der Waals surface area contributed by atoms with E-state index in [0.29, 0.717) is 18.6 Å². The normalized spacial score (nSPS) is 14.0. The van der Waals surface area contributed by atoms with Crippen LogP contribution in [0.2, 0.25) is 0 Å². The van der Waals surface area contributed by atoms with Crippen molar-refractivity contribution in [2.45, 2.75) is 13.3 Å². The van der Waals surface area contributed by atoms with Crippen LogP contribution in [0.5, 0.6) is 0 Å². The minimum absolute atomic E-state index is 0.270. The van der Waals surface area contributed by atoms with Crippen molar-refractivity contribution in [2.24, 2.45) is 0 Å². The van der Waals surface area contributed by atoms with Crippen LogP contribution >= 0.6 is 15.9 Å². The number of nitrogens with zero attached hydrogens (tertiary/aromatic N) is 1. The van der Waals surface area contributed by atoms with Crippen molar-refractivity contribution in [2.75, 3.05) is 6.61 Å². The predicted molar refractivity (Wildman–Crippen MR) is 64.5 cm³/mol. The number of ether oxygens (including phenoxy) is 1. The summed E-state index contributed by atoms with van der Waals surface area (Å²) in [6.07, 6.45) is 6.17. The summed E-state index contributed by atoms with van der Waals surface area (Å²) < 4.78 is 5.76. The van der Waals surface area contributed by atoms with Gasteiger partial charge in [0.25, 0.3) is 0 Å². The Morgan fingerprint density at radius 3 is 3.25 bits per heavy atom. The fraction of sp³-hybridized carbons (Fsp3) is 0.273. The average Bonchev–Trinajstić information content (AvgIpc) is 2.52. The molecule has 1 heterocycles. The summed E-state index contributed by atoms with van der Waals surface area (Å²) in [7, 11) is 0. The zero-order valence-corrected chi connectivity index (χ0v) is 10.4. The van der Waals surface area contributed by atoms with Gasteiger partial charge in [0.05, 0.1) is 12.3 Å². The van der Waals surface area contributed by atoms with Gasteiger partial charge in [0.1, 0.15) is 4.60 Å². The lowest BCUT2D eigenvalue weighted by Crippen LogP contribution is -2.06. The van der Waals surface area contributed by atoms with Crippen molar-refractivity contribution in [3.8, 4) is 0 Å². The number of hydrogen-bond donors (Lipinski definition) is 1. The third-order valence-corrected chi connectivity index (χ3v) is 2.86. The maximum Gasteiger partial charge on any atom is 0.334 e. The number of aromatic amines is 1. The minimum atomic E-state index is -0.270. The summed E-state index contributed by atoms with van der Waals surface area (Å²) in [5.41, 5.74) is 2.35. The monoisotopic (exact) mass is 282 g/mol. The Morgan fingerprint density at radius 1 is 1.69 bits per heavy atom. The smallest absolute Gasteiger partial charge is 0.334 e. The number of carbonyl (C=O) groups is 1. The van der Waals surface area contributed by atoms with Crippen molar-refractivity contribution in [3.63, 3.8) is 0 Å². The van der Waals surface area contributed by atoms with Crippen LogP contribution in [0.15, 0.2) is 16.3 Å². The van der Waals surface area contributed by atoms with Crippen LogP contribution in [-0.2, 0) is 9.53 Å². The van der Waals surface area contributed by atoms with Crippen molar-refractivity contribution in [1.29, 1.82) is 0 Å². The van der Waals surface area contributed by atoms with Gasteiger partial charge in [-0.25, -0.2) is 4.79 Å². The van der Waals surface area contributed by atoms with E-state index in [-0.39, 0.29) is 5.97 Å². The molecule has 5 heteroatoms. The molecule has 0 amide bonds. The molecule has 0 aliphatic heterocycles. The molecule has 0 aromatic carbocycles. The summed E-state index contributed by atoms with van der Waals surface area (Å²) in [6.45, 7) is 2.18. The molecule has 1 N–H and O–H groups in total. The molecule has 0 saturated carbocycles. The fourth-order valence-electron chi connectivity index (χ4n) is 1.50. The summed E-state index contributed by atoms with van der Waals surface area (Å²) in [6, 6.07) is 0. The zero-order chi connectivity index (χ0) is 11.5. The predicted octanol–water partition coefficient (Wildman–Crippen LogP) is 2.54. The van der Waals surface area contributed by atoms with Crippen molar-refractivity contribution in [3.05, 3.63) is 27.5 Å². The van der Waals surface area contributed by atoms with E-state index in [1.165, 1.54) is 0 Å². The average molecular weight is 283 g/mol. The summed E-state index contributed by atoms with van der Waals surface area (Å²) in [4.78, 5) is 11.6. The number of H-pyrrole nitrogens is 1. The number of rotatable bonds is 2. The molecule has 16 heavy (non-hydrogen) atoms. The van der Waals surface area contributed by atoms with Gasteiger partial charge < -0.3 is 4.74 Å². The SMILES string of the molecule is CCOC(=O)C1=Cc2c(n[nH]c2Br)C=CC1. The van der Waals surface area contributed by atoms with Gasteiger partial charge in [-0.1, -0.05) is 6.08 Å². The first-order valence-electron chi connectivity index (χ1n) is 5.00. The molecule has 0 saturated heterocycles. The highest BCUT2D eigenvalue weighted by Crippen LogP contribution is 2.26. The van der Waals surface area contributed by atoms with Crippen LogP contribution in [-0.4, -0.2) is 22.8 Å². The second-order valence-electron chi connectivity index (χ2n) is 3.33. The van der Waals surface area contributed by atoms with Crippen LogP contribution in [0.3, 0.4) is 0 Å². The number of allylic oxidation sites excluding steroid dienone is 1. The Hall–Kier alpha value is -1.36. The van der Waals surface area contributed by atoms with Crippen LogP contribution in [0.1, 0.15) is 24.6 Å². The Balaban J connectivity index is 2.37. The molecule has 0 unspecified atom stereocenters. The van der Waals surface area contributed by atoms with Gasteiger partial charge in [-0.3, -0.25) is 5.10 Å². The molecule has 0 radical (unpaired) electrons. The third-order valence-electron chi connectivity index (χ3n) is 2.26.